The number of halogens is 1. The molecule has 3 atom stereocenters. The van der Waals surface area contributed by atoms with Crippen molar-refractivity contribution in [3.8, 4) is 0 Å². The minimum atomic E-state index is 0.352. The number of hydrogen-bond donors (Lipinski definition) is 2. The number of nitrogens with one attached hydrogen (secondary N) is 1. The summed E-state index contributed by atoms with van der Waals surface area (Å²) in [5, 5.41) is 15.0. The van der Waals surface area contributed by atoms with Gasteiger partial charge in [0.1, 0.15) is 0 Å². The molecule has 0 radical (unpaired) electrons. The first kappa shape index (κ1) is 13.5. The Labute approximate surface area is 116 Å². The van der Waals surface area contributed by atoms with E-state index in [1.165, 1.54) is 28.6 Å². The normalized spacial score (nSPS) is 26.3. The molecule has 0 bridgehead atoms. The quantitative estimate of drug-likeness (QED) is 0.870. The molecule has 1 fully saturated rings. The fraction of sp³-hybridized carbons (Fsp3) is 0.692. The van der Waals surface area contributed by atoms with E-state index in [1.807, 2.05) is 0 Å². The van der Waals surface area contributed by atoms with Gasteiger partial charge in [-0.15, -0.1) is 11.3 Å². The first-order valence-corrected chi connectivity index (χ1v) is 7.96. The van der Waals surface area contributed by atoms with Gasteiger partial charge < -0.3 is 10.4 Å². The van der Waals surface area contributed by atoms with Crippen molar-refractivity contribution in [1.82, 2.24) is 5.32 Å². The lowest BCUT2D eigenvalue weighted by molar-refractivity contribution is 0.191. The molecule has 0 amide bonds. The van der Waals surface area contributed by atoms with Crippen LogP contribution in [0.5, 0.6) is 0 Å². The highest BCUT2D eigenvalue weighted by Crippen LogP contribution is 2.32. The first-order valence-electron chi connectivity index (χ1n) is 6.29. The molecule has 4 heteroatoms. The maximum Gasteiger partial charge on any atom is 0.0462 e. The molecule has 17 heavy (non-hydrogen) atoms. The molecule has 1 aromatic rings. The van der Waals surface area contributed by atoms with Gasteiger partial charge in [0, 0.05) is 27.4 Å². The van der Waals surface area contributed by atoms with Crippen molar-refractivity contribution >= 4 is 27.3 Å². The summed E-state index contributed by atoms with van der Waals surface area (Å²) in [7, 11) is 0. The van der Waals surface area contributed by atoms with Gasteiger partial charge in [-0.05, 0) is 60.1 Å². The van der Waals surface area contributed by atoms with E-state index in [2.05, 4.69) is 39.6 Å². The maximum absolute atomic E-state index is 9.29. The Kier molecular flexibility index (Phi) is 5.03. The van der Waals surface area contributed by atoms with Crippen LogP contribution in [-0.2, 0) is 0 Å². The molecule has 2 N–H and O–H groups in total. The molecular weight excluding hydrogens is 298 g/mol. The predicted molar refractivity (Wildman–Crippen MR) is 76.4 cm³/mol. The van der Waals surface area contributed by atoms with E-state index >= 15 is 0 Å². The second kappa shape index (κ2) is 6.32. The zero-order valence-corrected chi connectivity index (χ0v) is 12.6. The van der Waals surface area contributed by atoms with Crippen LogP contribution in [0.1, 0.15) is 37.1 Å². The van der Waals surface area contributed by atoms with Crippen LogP contribution in [0.4, 0.5) is 0 Å². The van der Waals surface area contributed by atoms with Crippen LogP contribution in [-0.4, -0.2) is 18.3 Å². The largest absolute Gasteiger partial charge is 0.396 e. The van der Waals surface area contributed by atoms with Crippen molar-refractivity contribution < 1.29 is 5.11 Å². The van der Waals surface area contributed by atoms with E-state index in [-0.39, 0.29) is 0 Å². The third kappa shape index (κ3) is 3.53. The van der Waals surface area contributed by atoms with Crippen LogP contribution in [0.2, 0.25) is 0 Å². The van der Waals surface area contributed by atoms with Gasteiger partial charge in [0.2, 0.25) is 0 Å². The number of rotatable bonds is 5. The van der Waals surface area contributed by atoms with Crippen LogP contribution >= 0.6 is 27.3 Å². The molecule has 1 aliphatic rings. The highest BCUT2D eigenvalue weighted by atomic mass is 79.9. The Morgan fingerprint density at radius 2 is 2.29 bits per heavy atom. The number of hydrogen-bond acceptors (Lipinski definition) is 3. The average Bonchev–Trinajstić information content (AvgIpc) is 2.94. The van der Waals surface area contributed by atoms with Gasteiger partial charge in [0.15, 0.2) is 0 Å². The van der Waals surface area contributed by atoms with Crippen molar-refractivity contribution in [2.45, 2.75) is 32.2 Å². The summed E-state index contributed by atoms with van der Waals surface area (Å²) in [5.74, 6) is 1.18. The van der Waals surface area contributed by atoms with E-state index in [4.69, 9.17) is 0 Å². The Bertz CT molecular complexity index is 355. The predicted octanol–water partition coefficient (Wildman–Crippen LogP) is 3.57. The first-order chi connectivity index (χ1) is 8.20. The molecule has 0 aromatic carbocycles. The van der Waals surface area contributed by atoms with Gasteiger partial charge in [-0.1, -0.05) is 6.42 Å². The van der Waals surface area contributed by atoms with E-state index in [9.17, 15) is 5.11 Å². The van der Waals surface area contributed by atoms with Crippen molar-refractivity contribution in [1.29, 1.82) is 0 Å². The van der Waals surface area contributed by atoms with Gasteiger partial charge in [-0.2, -0.15) is 0 Å². The number of thiophene rings is 1. The minimum absolute atomic E-state index is 0.352. The summed E-state index contributed by atoms with van der Waals surface area (Å²) in [6.45, 7) is 3.59. The molecule has 3 unspecified atom stereocenters. The lowest BCUT2D eigenvalue weighted by Crippen LogP contribution is -2.28. The fourth-order valence-electron chi connectivity index (χ4n) is 2.61. The third-order valence-corrected chi connectivity index (χ3v) is 5.63. The third-order valence-electron chi connectivity index (χ3n) is 3.75. The van der Waals surface area contributed by atoms with Gasteiger partial charge in [0.25, 0.3) is 0 Å². The van der Waals surface area contributed by atoms with Crippen LogP contribution in [0.3, 0.4) is 0 Å². The average molecular weight is 318 g/mol. The van der Waals surface area contributed by atoms with E-state index < -0.39 is 0 Å². The Balaban J connectivity index is 1.81. The fourth-order valence-corrected chi connectivity index (χ4v) is 4.08. The van der Waals surface area contributed by atoms with Crippen molar-refractivity contribution in [2.24, 2.45) is 11.8 Å². The molecular formula is C13H20BrNOS. The van der Waals surface area contributed by atoms with E-state index in [0.717, 1.165) is 6.54 Å². The van der Waals surface area contributed by atoms with Crippen LogP contribution < -0.4 is 5.32 Å². The van der Waals surface area contributed by atoms with Gasteiger partial charge in [0.05, 0.1) is 0 Å². The highest BCUT2D eigenvalue weighted by Gasteiger charge is 2.26. The second-order valence-corrected chi connectivity index (χ2v) is 6.79. The van der Waals surface area contributed by atoms with E-state index in [0.29, 0.717) is 24.5 Å². The zero-order valence-electron chi connectivity index (χ0n) is 10.2. The van der Waals surface area contributed by atoms with Crippen molar-refractivity contribution in [3.63, 3.8) is 0 Å². The zero-order chi connectivity index (χ0) is 12.3. The SMILES string of the molecule is CC(NCC1CCCC1CO)c1cc(Br)cs1. The molecule has 1 heterocycles. The summed E-state index contributed by atoms with van der Waals surface area (Å²) in [4.78, 5) is 1.37. The summed E-state index contributed by atoms with van der Waals surface area (Å²) in [6, 6.07) is 2.59. The summed E-state index contributed by atoms with van der Waals surface area (Å²) < 4.78 is 1.17. The minimum Gasteiger partial charge on any atom is -0.396 e. The maximum atomic E-state index is 9.29. The Morgan fingerprint density at radius 1 is 1.53 bits per heavy atom. The topological polar surface area (TPSA) is 32.3 Å². The summed E-state index contributed by atoms with van der Waals surface area (Å²) in [6.07, 6.45) is 3.73. The summed E-state index contributed by atoms with van der Waals surface area (Å²) in [5.41, 5.74) is 0. The van der Waals surface area contributed by atoms with Crippen LogP contribution in [0.25, 0.3) is 0 Å². The molecule has 1 saturated carbocycles. The van der Waals surface area contributed by atoms with Crippen LogP contribution in [0, 0.1) is 11.8 Å². The monoisotopic (exact) mass is 317 g/mol. The van der Waals surface area contributed by atoms with Crippen molar-refractivity contribution in [3.05, 3.63) is 20.8 Å². The molecule has 1 aliphatic carbocycles. The van der Waals surface area contributed by atoms with Crippen molar-refractivity contribution in [2.75, 3.05) is 13.2 Å². The number of aliphatic hydroxyl groups is 1. The Morgan fingerprint density at radius 3 is 2.94 bits per heavy atom. The molecule has 96 valence electrons. The lowest BCUT2D eigenvalue weighted by atomic mass is 9.97. The number of aliphatic hydroxyl groups excluding tert-OH is 1. The van der Waals surface area contributed by atoms with Crippen LogP contribution in [0.15, 0.2) is 15.9 Å². The molecule has 0 aliphatic heterocycles. The summed E-state index contributed by atoms with van der Waals surface area (Å²) >= 11 is 5.28. The molecule has 0 saturated heterocycles. The highest BCUT2D eigenvalue weighted by molar-refractivity contribution is 9.10. The van der Waals surface area contributed by atoms with E-state index in [1.54, 1.807) is 11.3 Å². The Hall–Kier alpha value is 0.1000. The molecule has 0 spiro atoms. The second-order valence-electron chi connectivity index (χ2n) is 4.93. The lowest BCUT2D eigenvalue weighted by Gasteiger charge is -2.20. The smallest absolute Gasteiger partial charge is 0.0462 e. The van der Waals surface area contributed by atoms with Gasteiger partial charge in [-0.25, -0.2) is 0 Å². The van der Waals surface area contributed by atoms with Gasteiger partial charge in [-0.3, -0.25) is 0 Å². The molecule has 2 nitrogen and oxygen atoms in total. The molecule has 1 aromatic heterocycles. The van der Waals surface area contributed by atoms with Gasteiger partial charge >= 0.3 is 0 Å². The molecule has 2 rings (SSSR count). The standard InChI is InChI=1S/C13H20BrNOS/c1-9(13-5-12(14)8-17-13)15-6-10-3-2-4-11(10)7-16/h5,8-11,15-16H,2-4,6-7H2,1H3.